The number of amides is 1. The highest BCUT2D eigenvalue weighted by atomic mass is 79.9. The standard InChI is InChI=1S/C20H19BrN2O2/c1-3-13(2)23-19(24)16-9-4-5-10-17(16)20-22-12-18(25-20)14-7-6-8-15(21)11-14/h4-13H,3H2,1-2H3,(H,23,24)/t13-/m1/s1. The average Bonchev–Trinajstić information content (AvgIpc) is 3.11. The molecule has 0 saturated heterocycles. The monoisotopic (exact) mass is 398 g/mol. The van der Waals surface area contributed by atoms with Crippen LogP contribution in [0.4, 0.5) is 0 Å². The number of oxazole rings is 1. The van der Waals surface area contributed by atoms with E-state index in [0.717, 1.165) is 16.5 Å². The lowest BCUT2D eigenvalue weighted by Crippen LogP contribution is -2.32. The van der Waals surface area contributed by atoms with E-state index in [4.69, 9.17) is 4.42 Å². The predicted octanol–water partition coefficient (Wildman–Crippen LogP) is 5.30. The number of nitrogens with zero attached hydrogens (tertiary/aromatic N) is 1. The third-order valence-electron chi connectivity index (χ3n) is 4.01. The number of hydrogen-bond donors (Lipinski definition) is 1. The van der Waals surface area contributed by atoms with E-state index >= 15 is 0 Å². The molecule has 1 N–H and O–H groups in total. The molecule has 0 spiro atoms. The predicted molar refractivity (Wildman–Crippen MR) is 102 cm³/mol. The SMILES string of the molecule is CC[C@@H](C)NC(=O)c1ccccc1-c1ncc(-c2cccc(Br)c2)o1. The third-order valence-corrected chi connectivity index (χ3v) is 4.50. The Morgan fingerprint density at radius 1 is 1.24 bits per heavy atom. The molecule has 2 aromatic carbocycles. The summed E-state index contributed by atoms with van der Waals surface area (Å²) in [4.78, 5) is 16.9. The molecule has 128 valence electrons. The summed E-state index contributed by atoms with van der Waals surface area (Å²) >= 11 is 3.46. The van der Waals surface area contributed by atoms with Crippen LogP contribution < -0.4 is 5.32 Å². The zero-order valence-electron chi connectivity index (χ0n) is 14.1. The molecule has 0 fully saturated rings. The van der Waals surface area contributed by atoms with E-state index in [-0.39, 0.29) is 11.9 Å². The Labute approximate surface area is 155 Å². The summed E-state index contributed by atoms with van der Waals surface area (Å²) < 4.78 is 6.89. The lowest BCUT2D eigenvalue weighted by Gasteiger charge is -2.12. The highest BCUT2D eigenvalue weighted by Gasteiger charge is 2.17. The summed E-state index contributed by atoms with van der Waals surface area (Å²) in [5, 5.41) is 2.99. The van der Waals surface area contributed by atoms with Crippen LogP contribution in [0.15, 0.2) is 63.6 Å². The van der Waals surface area contributed by atoms with Crippen LogP contribution in [0.25, 0.3) is 22.8 Å². The molecule has 0 aliphatic carbocycles. The summed E-state index contributed by atoms with van der Waals surface area (Å²) in [7, 11) is 0. The van der Waals surface area contributed by atoms with Crippen LogP contribution in [0, 0.1) is 0 Å². The zero-order valence-corrected chi connectivity index (χ0v) is 15.7. The van der Waals surface area contributed by atoms with Crippen LogP contribution in [0.3, 0.4) is 0 Å². The van der Waals surface area contributed by atoms with Gasteiger partial charge >= 0.3 is 0 Å². The van der Waals surface area contributed by atoms with Gasteiger partial charge in [0.05, 0.1) is 11.8 Å². The molecule has 5 heteroatoms. The maximum Gasteiger partial charge on any atom is 0.252 e. The summed E-state index contributed by atoms with van der Waals surface area (Å²) in [5.74, 6) is 0.977. The van der Waals surface area contributed by atoms with Gasteiger partial charge in [0.2, 0.25) is 5.89 Å². The average molecular weight is 399 g/mol. The van der Waals surface area contributed by atoms with E-state index in [1.54, 1.807) is 12.3 Å². The van der Waals surface area contributed by atoms with Gasteiger partial charge in [0.25, 0.3) is 5.91 Å². The van der Waals surface area contributed by atoms with Gasteiger partial charge in [-0.1, -0.05) is 47.1 Å². The van der Waals surface area contributed by atoms with E-state index in [2.05, 4.69) is 26.2 Å². The minimum atomic E-state index is -0.118. The molecular weight excluding hydrogens is 380 g/mol. The van der Waals surface area contributed by atoms with Gasteiger partial charge in [-0.05, 0) is 37.6 Å². The van der Waals surface area contributed by atoms with E-state index < -0.39 is 0 Å². The van der Waals surface area contributed by atoms with Gasteiger partial charge in [-0.15, -0.1) is 0 Å². The first-order valence-electron chi connectivity index (χ1n) is 8.20. The van der Waals surface area contributed by atoms with Crippen molar-refractivity contribution in [1.29, 1.82) is 0 Å². The van der Waals surface area contributed by atoms with E-state index in [1.165, 1.54) is 0 Å². The fourth-order valence-electron chi connectivity index (χ4n) is 2.45. The van der Waals surface area contributed by atoms with Crippen molar-refractivity contribution in [3.8, 4) is 22.8 Å². The van der Waals surface area contributed by atoms with Gasteiger partial charge in [0.15, 0.2) is 5.76 Å². The van der Waals surface area contributed by atoms with Crippen molar-refractivity contribution >= 4 is 21.8 Å². The van der Waals surface area contributed by atoms with Crippen molar-refractivity contribution in [3.05, 3.63) is 64.8 Å². The molecule has 0 unspecified atom stereocenters. The van der Waals surface area contributed by atoms with Crippen molar-refractivity contribution in [1.82, 2.24) is 10.3 Å². The summed E-state index contributed by atoms with van der Waals surface area (Å²) in [6.45, 7) is 4.02. The molecule has 1 atom stereocenters. The molecule has 1 aromatic heterocycles. The Balaban J connectivity index is 1.94. The Hall–Kier alpha value is -2.40. The maximum atomic E-state index is 12.5. The van der Waals surface area contributed by atoms with Crippen molar-refractivity contribution < 1.29 is 9.21 Å². The molecule has 1 amide bonds. The van der Waals surface area contributed by atoms with Crippen LogP contribution >= 0.6 is 15.9 Å². The maximum absolute atomic E-state index is 12.5. The summed E-state index contributed by atoms with van der Waals surface area (Å²) in [6, 6.07) is 15.3. The molecule has 3 aromatic rings. The second kappa shape index (κ2) is 7.66. The minimum Gasteiger partial charge on any atom is -0.436 e. The molecule has 0 bridgehead atoms. The largest absolute Gasteiger partial charge is 0.436 e. The van der Waals surface area contributed by atoms with E-state index in [0.29, 0.717) is 22.8 Å². The molecule has 4 nitrogen and oxygen atoms in total. The lowest BCUT2D eigenvalue weighted by atomic mass is 10.1. The molecule has 25 heavy (non-hydrogen) atoms. The quantitative estimate of drug-likeness (QED) is 0.634. The highest BCUT2D eigenvalue weighted by Crippen LogP contribution is 2.29. The molecule has 0 aliphatic heterocycles. The minimum absolute atomic E-state index is 0.113. The van der Waals surface area contributed by atoms with Gasteiger partial charge in [0, 0.05) is 21.6 Å². The number of carbonyl (C=O) groups is 1. The number of nitrogens with one attached hydrogen (secondary N) is 1. The number of hydrogen-bond acceptors (Lipinski definition) is 3. The Bertz CT molecular complexity index is 889. The molecule has 0 aliphatic rings. The van der Waals surface area contributed by atoms with Crippen LogP contribution in [0.5, 0.6) is 0 Å². The van der Waals surface area contributed by atoms with Gasteiger partial charge in [-0.2, -0.15) is 0 Å². The van der Waals surface area contributed by atoms with Crippen LogP contribution in [-0.2, 0) is 0 Å². The smallest absolute Gasteiger partial charge is 0.252 e. The Morgan fingerprint density at radius 3 is 2.80 bits per heavy atom. The molecular formula is C20H19BrN2O2. The first-order valence-corrected chi connectivity index (χ1v) is 8.99. The van der Waals surface area contributed by atoms with Crippen LogP contribution in [0.2, 0.25) is 0 Å². The fraction of sp³-hybridized carbons (Fsp3) is 0.200. The number of aromatic nitrogens is 1. The van der Waals surface area contributed by atoms with Crippen LogP contribution in [-0.4, -0.2) is 16.9 Å². The van der Waals surface area contributed by atoms with Crippen molar-refractivity contribution in [2.45, 2.75) is 26.3 Å². The van der Waals surface area contributed by atoms with Crippen molar-refractivity contribution in [2.24, 2.45) is 0 Å². The second-order valence-corrected chi connectivity index (χ2v) is 6.78. The first-order chi connectivity index (χ1) is 12.1. The number of rotatable bonds is 5. The number of carbonyl (C=O) groups excluding carboxylic acids is 1. The van der Waals surface area contributed by atoms with Crippen LogP contribution in [0.1, 0.15) is 30.6 Å². The molecule has 1 heterocycles. The number of halogens is 1. The molecule has 0 radical (unpaired) electrons. The van der Waals surface area contributed by atoms with Crippen molar-refractivity contribution in [2.75, 3.05) is 0 Å². The topological polar surface area (TPSA) is 55.1 Å². The fourth-order valence-corrected chi connectivity index (χ4v) is 2.84. The van der Waals surface area contributed by atoms with Gasteiger partial charge in [-0.25, -0.2) is 4.98 Å². The van der Waals surface area contributed by atoms with Gasteiger partial charge < -0.3 is 9.73 Å². The summed E-state index contributed by atoms with van der Waals surface area (Å²) in [6.07, 6.45) is 2.56. The second-order valence-electron chi connectivity index (χ2n) is 5.87. The van der Waals surface area contributed by atoms with Crippen molar-refractivity contribution in [3.63, 3.8) is 0 Å². The van der Waals surface area contributed by atoms with E-state index in [1.807, 2.05) is 56.3 Å². The normalized spacial score (nSPS) is 12.0. The van der Waals surface area contributed by atoms with Gasteiger partial charge in [0.1, 0.15) is 0 Å². The van der Waals surface area contributed by atoms with E-state index in [9.17, 15) is 4.79 Å². The first kappa shape index (κ1) is 17.4. The molecule has 3 rings (SSSR count). The highest BCUT2D eigenvalue weighted by molar-refractivity contribution is 9.10. The van der Waals surface area contributed by atoms with Gasteiger partial charge in [-0.3, -0.25) is 4.79 Å². The molecule has 0 saturated carbocycles. The Morgan fingerprint density at radius 2 is 2.04 bits per heavy atom. The third kappa shape index (κ3) is 3.99. The number of benzene rings is 2. The summed E-state index contributed by atoms with van der Waals surface area (Å²) in [5.41, 5.74) is 2.17. The Kier molecular flexibility index (Phi) is 5.34. The zero-order chi connectivity index (χ0) is 17.8. The lowest BCUT2D eigenvalue weighted by molar-refractivity contribution is 0.0939.